The number of hydrogen-bond donors (Lipinski definition) is 2. The monoisotopic (exact) mass is 444 g/mol. The van der Waals surface area contributed by atoms with Gasteiger partial charge in [0, 0.05) is 23.5 Å². The number of hydrogen-bond acceptors (Lipinski definition) is 6. The van der Waals surface area contributed by atoms with E-state index in [4.69, 9.17) is 5.73 Å². The third-order valence-corrected chi connectivity index (χ3v) is 6.54. The van der Waals surface area contributed by atoms with Crippen LogP contribution >= 0.6 is 11.3 Å². The SMILES string of the molecule is Nc1ncc(-c2cnn(C3CCNCC3)c2)cc1-c1nc2c(C(F)(F)F)cccc2s1. The van der Waals surface area contributed by atoms with Crippen molar-refractivity contribution in [2.45, 2.75) is 25.1 Å². The number of thiazole rings is 1. The molecule has 1 aliphatic rings. The molecule has 5 rings (SSSR count). The van der Waals surface area contributed by atoms with Gasteiger partial charge in [0.2, 0.25) is 0 Å². The molecule has 0 atom stereocenters. The zero-order chi connectivity index (χ0) is 21.6. The molecule has 0 amide bonds. The third kappa shape index (κ3) is 3.77. The lowest BCUT2D eigenvalue weighted by Crippen LogP contribution is -2.29. The van der Waals surface area contributed by atoms with Gasteiger partial charge in [0.05, 0.1) is 33.6 Å². The normalized spacial score (nSPS) is 15.6. The van der Waals surface area contributed by atoms with Crippen LogP contribution in [-0.2, 0) is 6.18 Å². The molecule has 160 valence electrons. The highest BCUT2D eigenvalue weighted by Gasteiger charge is 2.34. The largest absolute Gasteiger partial charge is 0.418 e. The van der Waals surface area contributed by atoms with Crippen LogP contribution in [0.1, 0.15) is 24.4 Å². The summed E-state index contributed by atoms with van der Waals surface area (Å²) in [6.07, 6.45) is 2.96. The van der Waals surface area contributed by atoms with Crippen molar-refractivity contribution in [3.8, 4) is 21.7 Å². The van der Waals surface area contributed by atoms with Crippen LogP contribution in [0.5, 0.6) is 0 Å². The standard InChI is InChI=1S/C21H19F3N6S/c22-21(23,24)16-2-1-3-17-18(16)29-20(31-17)15-8-12(9-27-19(15)25)13-10-28-30(11-13)14-4-6-26-7-5-14/h1-3,8-11,14,26H,4-7H2,(H2,25,27). The number of rotatable bonds is 3. The van der Waals surface area contributed by atoms with Crippen molar-refractivity contribution in [2.24, 2.45) is 0 Å². The molecular weight excluding hydrogens is 425 g/mol. The fourth-order valence-electron chi connectivity index (χ4n) is 3.86. The predicted octanol–water partition coefficient (Wildman–Crippen LogP) is 4.75. The Morgan fingerprint density at radius 1 is 1.13 bits per heavy atom. The van der Waals surface area contributed by atoms with Crippen LogP contribution in [0.3, 0.4) is 0 Å². The van der Waals surface area contributed by atoms with Gasteiger partial charge >= 0.3 is 6.18 Å². The van der Waals surface area contributed by atoms with Gasteiger partial charge in [-0.3, -0.25) is 4.68 Å². The zero-order valence-electron chi connectivity index (χ0n) is 16.4. The van der Waals surface area contributed by atoms with E-state index in [1.54, 1.807) is 18.5 Å². The number of nitrogens with two attached hydrogens (primary N) is 1. The highest BCUT2D eigenvalue weighted by molar-refractivity contribution is 7.21. The Morgan fingerprint density at radius 3 is 2.71 bits per heavy atom. The quantitative estimate of drug-likeness (QED) is 0.477. The molecule has 1 saturated heterocycles. The predicted molar refractivity (Wildman–Crippen MR) is 115 cm³/mol. The number of para-hydroxylation sites is 1. The number of fused-ring (bicyclic) bond motifs is 1. The lowest BCUT2D eigenvalue weighted by molar-refractivity contribution is -0.136. The zero-order valence-corrected chi connectivity index (χ0v) is 17.2. The smallest absolute Gasteiger partial charge is 0.383 e. The molecule has 0 bridgehead atoms. The fourth-order valence-corrected chi connectivity index (χ4v) is 4.87. The van der Waals surface area contributed by atoms with Crippen molar-refractivity contribution < 1.29 is 13.2 Å². The number of anilines is 1. The minimum absolute atomic E-state index is 0.0708. The summed E-state index contributed by atoms with van der Waals surface area (Å²) in [6, 6.07) is 6.22. The van der Waals surface area contributed by atoms with Crippen molar-refractivity contribution in [1.29, 1.82) is 0 Å². The first kappa shape index (κ1) is 20.0. The van der Waals surface area contributed by atoms with E-state index in [2.05, 4.69) is 20.4 Å². The molecule has 31 heavy (non-hydrogen) atoms. The molecule has 0 saturated carbocycles. The average molecular weight is 444 g/mol. The van der Waals surface area contributed by atoms with Crippen LogP contribution < -0.4 is 11.1 Å². The van der Waals surface area contributed by atoms with E-state index >= 15 is 0 Å². The van der Waals surface area contributed by atoms with E-state index in [1.165, 1.54) is 17.4 Å². The first-order valence-corrected chi connectivity index (χ1v) is 10.7. The molecule has 0 spiro atoms. The Kier molecular flexibility index (Phi) is 4.90. The van der Waals surface area contributed by atoms with Gasteiger partial charge in [-0.05, 0) is 44.1 Å². The Bertz CT molecular complexity index is 1240. The number of aromatic nitrogens is 4. The molecule has 0 radical (unpaired) electrons. The molecule has 1 aliphatic heterocycles. The summed E-state index contributed by atoms with van der Waals surface area (Å²) < 4.78 is 42.5. The molecule has 1 fully saturated rings. The number of nitrogen functional groups attached to an aromatic ring is 1. The number of halogens is 3. The lowest BCUT2D eigenvalue weighted by Gasteiger charge is -2.22. The number of nitrogens with one attached hydrogen (secondary N) is 1. The second kappa shape index (κ2) is 7.61. The average Bonchev–Trinajstić information content (AvgIpc) is 3.41. The van der Waals surface area contributed by atoms with Crippen LogP contribution in [0.25, 0.3) is 31.9 Å². The van der Waals surface area contributed by atoms with Gasteiger partial charge in [-0.1, -0.05) is 6.07 Å². The molecule has 4 aromatic rings. The van der Waals surface area contributed by atoms with Gasteiger partial charge in [-0.15, -0.1) is 11.3 Å². The van der Waals surface area contributed by atoms with Crippen LogP contribution in [-0.4, -0.2) is 32.8 Å². The summed E-state index contributed by atoms with van der Waals surface area (Å²) in [5, 5.41) is 8.25. The van der Waals surface area contributed by atoms with Crippen LogP contribution in [0, 0.1) is 0 Å². The molecular formula is C21H19F3N6S. The van der Waals surface area contributed by atoms with Crippen molar-refractivity contribution in [1.82, 2.24) is 25.1 Å². The maximum Gasteiger partial charge on any atom is 0.418 e. The number of nitrogens with zero attached hydrogens (tertiary/aromatic N) is 4. The van der Waals surface area contributed by atoms with Crippen LogP contribution in [0.2, 0.25) is 0 Å². The van der Waals surface area contributed by atoms with Crippen molar-refractivity contribution in [3.63, 3.8) is 0 Å². The first-order chi connectivity index (χ1) is 14.9. The minimum atomic E-state index is -4.47. The maximum atomic E-state index is 13.4. The first-order valence-electron chi connectivity index (χ1n) is 9.88. The van der Waals surface area contributed by atoms with E-state index < -0.39 is 11.7 Å². The van der Waals surface area contributed by atoms with Crippen LogP contribution in [0.4, 0.5) is 19.0 Å². The molecule has 0 unspecified atom stereocenters. The Hall–Kier alpha value is -2.98. The van der Waals surface area contributed by atoms with Gasteiger partial charge in [0.15, 0.2) is 0 Å². The summed E-state index contributed by atoms with van der Waals surface area (Å²) in [4.78, 5) is 8.54. The van der Waals surface area contributed by atoms with Crippen molar-refractivity contribution >= 4 is 27.4 Å². The number of alkyl halides is 3. The molecule has 6 nitrogen and oxygen atoms in total. The van der Waals surface area contributed by atoms with Gasteiger partial charge in [-0.25, -0.2) is 9.97 Å². The van der Waals surface area contributed by atoms with Crippen molar-refractivity contribution in [2.75, 3.05) is 18.8 Å². The van der Waals surface area contributed by atoms with Crippen molar-refractivity contribution in [3.05, 3.63) is 48.4 Å². The highest BCUT2D eigenvalue weighted by atomic mass is 32.1. The van der Waals surface area contributed by atoms with E-state index in [0.29, 0.717) is 21.3 Å². The Labute approximate surface area is 179 Å². The third-order valence-electron chi connectivity index (χ3n) is 5.49. The Balaban J connectivity index is 1.53. The second-order valence-corrected chi connectivity index (χ2v) is 8.55. The second-order valence-electron chi connectivity index (χ2n) is 7.52. The number of pyridine rings is 1. The highest BCUT2D eigenvalue weighted by Crippen LogP contribution is 2.40. The van der Waals surface area contributed by atoms with E-state index in [0.717, 1.165) is 43.1 Å². The topological polar surface area (TPSA) is 81.6 Å². The van der Waals surface area contributed by atoms with E-state index in [-0.39, 0.29) is 11.3 Å². The summed E-state index contributed by atoms with van der Waals surface area (Å²) in [6.45, 7) is 1.93. The molecule has 0 aliphatic carbocycles. The molecule has 3 aromatic heterocycles. The fraction of sp³-hybridized carbons (Fsp3) is 0.286. The lowest BCUT2D eigenvalue weighted by atomic mass is 10.1. The Morgan fingerprint density at radius 2 is 1.94 bits per heavy atom. The van der Waals surface area contributed by atoms with E-state index in [9.17, 15) is 13.2 Å². The van der Waals surface area contributed by atoms with Gasteiger partial charge in [0.1, 0.15) is 10.8 Å². The van der Waals surface area contributed by atoms with Gasteiger partial charge in [-0.2, -0.15) is 18.3 Å². The van der Waals surface area contributed by atoms with E-state index in [1.807, 2.05) is 16.9 Å². The maximum absolute atomic E-state index is 13.4. The number of piperidine rings is 1. The van der Waals surface area contributed by atoms with Crippen LogP contribution in [0.15, 0.2) is 42.9 Å². The number of benzene rings is 1. The minimum Gasteiger partial charge on any atom is -0.383 e. The molecule has 3 N–H and O–H groups in total. The van der Waals surface area contributed by atoms with Gasteiger partial charge in [0.25, 0.3) is 0 Å². The molecule has 10 heteroatoms. The molecule has 4 heterocycles. The summed E-state index contributed by atoms with van der Waals surface area (Å²) >= 11 is 1.17. The summed E-state index contributed by atoms with van der Waals surface area (Å²) in [5.41, 5.74) is 7.44. The summed E-state index contributed by atoms with van der Waals surface area (Å²) in [5.74, 6) is 0.224. The molecule has 1 aromatic carbocycles. The summed E-state index contributed by atoms with van der Waals surface area (Å²) in [7, 11) is 0. The van der Waals surface area contributed by atoms with Gasteiger partial charge < -0.3 is 11.1 Å².